The van der Waals surface area contributed by atoms with Crippen molar-refractivity contribution in [2.75, 3.05) is 13.1 Å². The van der Waals surface area contributed by atoms with E-state index in [-0.39, 0.29) is 29.4 Å². The number of nitriles is 1. The van der Waals surface area contributed by atoms with Crippen LogP contribution >= 0.6 is 0 Å². The minimum absolute atomic E-state index is 0.0478. The molecule has 1 saturated heterocycles. The highest BCUT2D eigenvalue weighted by Crippen LogP contribution is 2.17. The highest BCUT2D eigenvalue weighted by atomic mass is 16.2. The minimum atomic E-state index is -0.712. The first kappa shape index (κ1) is 21.8. The molecule has 1 aliphatic carbocycles. The Hall–Kier alpha value is -2.46. The fourth-order valence-electron chi connectivity index (χ4n) is 3.49. The molecule has 0 radical (unpaired) electrons. The zero-order valence-electron chi connectivity index (χ0n) is 16.7. The largest absolute Gasteiger partial charge is 0.356 e. The van der Waals surface area contributed by atoms with Crippen LogP contribution in [0, 0.1) is 23.2 Å². The van der Waals surface area contributed by atoms with E-state index in [1.165, 1.54) is 0 Å². The number of carbonyl (C=O) groups is 3. The Kier molecular flexibility index (Phi) is 8.40. The Bertz CT molecular complexity index is 690. The molecule has 2 rings (SSSR count). The molecule has 0 bridgehead atoms. The average molecular weight is 386 g/mol. The van der Waals surface area contributed by atoms with Crippen LogP contribution in [-0.4, -0.2) is 42.8 Å². The summed E-state index contributed by atoms with van der Waals surface area (Å²) in [6.07, 6.45) is 8.33. The van der Waals surface area contributed by atoms with Gasteiger partial charge in [0.05, 0.1) is 12.1 Å². The Morgan fingerprint density at radius 1 is 1.39 bits per heavy atom. The van der Waals surface area contributed by atoms with Crippen LogP contribution in [0.2, 0.25) is 0 Å². The molecule has 1 heterocycles. The predicted molar refractivity (Wildman–Crippen MR) is 106 cm³/mol. The Labute approximate surface area is 166 Å². The lowest BCUT2D eigenvalue weighted by atomic mass is 9.91. The van der Waals surface area contributed by atoms with Crippen LogP contribution in [0.3, 0.4) is 0 Å². The summed E-state index contributed by atoms with van der Waals surface area (Å²) >= 11 is 0. The third kappa shape index (κ3) is 6.61. The summed E-state index contributed by atoms with van der Waals surface area (Å²) < 4.78 is 0. The van der Waals surface area contributed by atoms with Gasteiger partial charge in [0, 0.05) is 31.0 Å². The van der Waals surface area contributed by atoms with E-state index >= 15 is 0 Å². The van der Waals surface area contributed by atoms with Crippen molar-refractivity contribution in [2.24, 2.45) is 11.8 Å². The number of amides is 2. The van der Waals surface area contributed by atoms with Crippen molar-refractivity contribution in [3.05, 3.63) is 23.8 Å². The van der Waals surface area contributed by atoms with Crippen LogP contribution < -0.4 is 16.0 Å². The lowest BCUT2D eigenvalue weighted by Crippen LogP contribution is -2.50. The maximum Gasteiger partial charge on any atom is 0.238 e. The molecule has 1 fully saturated rings. The number of hydrogen-bond donors (Lipinski definition) is 3. The van der Waals surface area contributed by atoms with Gasteiger partial charge in [0.15, 0.2) is 5.78 Å². The van der Waals surface area contributed by atoms with Crippen LogP contribution in [0.1, 0.15) is 46.0 Å². The molecule has 7 nitrogen and oxygen atoms in total. The van der Waals surface area contributed by atoms with E-state index in [0.29, 0.717) is 37.9 Å². The van der Waals surface area contributed by atoms with Gasteiger partial charge in [-0.25, -0.2) is 0 Å². The molecule has 0 unspecified atom stereocenters. The summed E-state index contributed by atoms with van der Waals surface area (Å²) in [5, 5.41) is 18.2. The molecule has 7 heteroatoms. The smallest absolute Gasteiger partial charge is 0.238 e. The van der Waals surface area contributed by atoms with E-state index in [1.807, 2.05) is 26.0 Å². The Morgan fingerprint density at radius 2 is 2.18 bits per heavy atom. The van der Waals surface area contributed by atoms with Crippen molar-refractivity contribution in [1.82, 2.24) is 16.0 Å². The van der Waals surface area contributed by atoms with Gasteiger partial charge >= 0.3 is 0 Å². The van der Waals surface area contributed by atoms with Crippen molar-refractivity contribution < 1.29 is 14.4 Å². The highest BCUT2D eigenvalue weighted by molar-refractivity contribution is 5.98. The van der Waals surface area contributed by atoms with Crippen LogP contribution in [-0.2, 0) is 14.4 Å². The van der Waals surface area contributed by atoms with Gasteiger partial charge in [0.1, 0.15) is 6.04 Å². The predicted octanol–water partition coefficient (Wildman–Crippen LogP) is 1.37. The first-order chi connectivity index (χ1) is 13.4. The second-order valence-electron chi connectivity index (χ2n) is 7.87. The normalized spacial score (nSPS) is 21.5. The Morgan fingerprint density at radius 3 is 2.82 bits per heavy atom. The minimum Gasteiger partial charge on any atom is -0.356 e. The second-order valence-corrected chi connectivity index (χ2v) is 7.87. The molecular weight excluding hydrogens is 356 g/mol. The molecule has 0 aromatic carbocycles. The quantitative estimate of drug-likeness (QED) is 0.554. The van der Waals surface area contributed by atoms with Gasteiger partial charge < -0.3 is 16.0 Å². The number of ketones is 1. The number of nitrogens with zero attached hydrogens (tertiary/aromatic N) is 1. The van der Waals surface area contributed by atoms with Crippen LogP contribution in [0.15, 0.2) is 23.8 Å². The summed E-state index contributed by atoms with van der Waals surface area (Å²) in [6.45, 7) is 5.02. The van der Waals surface area contributed by atoms with Gasteiger partial charge in [-0.3, -0.25) is 14.4 Å². The molecule has 2 amide bonds. The van der Waals surface area contributed by atoms with Gasteiger partial charge in [-0.05, 0) is 31.6 Å². The van der Waals surface area contributed by atoms with E-state index in [9.17, 15) is 19.6 Å². The van der Waals surface area contributed by atoms with Crippen molar-refractivity contribution in [3.63, 3.8) is 0 Å². The number of allylic oxidation sites excluding steroid dienone is 3. The van der Waals surface area contributed by atoms with Crippen molar-refractivity contribution >= 4 is 17.6 Å². The maximum absolute atomic E-state index is 12.8. The first-order valence-corrected chi connectivity index (χ1v) is 10.0. The van der Waals surface area contributed by atoms with E-state index in [4.69, 9.17) is 0 Å². The van der Waals surface area contributed by atoms with Gasteiger partial charge in [-0.2, -0.15) is 5.26 Å². The molecule has 3 N–H and O–H groups in total. The number of rotatable bonds is 9. The van der Waals surface area contributed by atoms with Crippen molar-refractivity contribution in [2.45, 2.75) is 58.0 Å². The molecule has 2 aliphatic rings. The SMILES string of the molecule is CC(C)C[C@H](NCC1=CC=CCC1=O)C(=O)N[C@H](C#N)C[C@@H]1CCCNC1=O. The topological polar surface area (TPSA) is 111 Å². The lowest BCUT2D eigenvalue weighted by Gasteiger charge is -2.26. The molecule has 0 spiro atoms. The summed E-state index contributed by atoms with van der Waals surface area (Å²) in [4.78, 5) is 36.6. The standard InChI is InChI=1S/C21H30N4O3/c1-14(2)10-18(24-13-16-6-3-4-8-19(16)26)21(28)25-17(12-22)11-15-7-5-9-23-20(15)27/h3-4,6,14-15,17-18,24H,5,7-11,13H2,1-2H3,(H,23,27)(H,25,28)/t15-,17-,18-/m0/s1. The molecule has 0 aromatic heterocycles. The lowest BCUT2D eigenvalue weighted by molar-refractivity contribution is -0.128. The first-order valence-electron chi connectivity index (χ1n) is 10.0. The van der Waals surface area contributed by atoms with Gasteiger partial charge in [-0.15, -0.1) is 0 Å². The number of Topliss-reactive ketones (excluding diaryl/α,β-unsaturated/α-hetero) is 1. The molecule has 0 aromatic rings. The van der Waals surface area contributed by atoms with E-state index in [1.54, 1.807) is 6.08 Å². The highest BCUT2D eigenvalue weighted by Gasteiger charge is 2.28. The Balaban J connectivity index is 1.95. The van der Waals surface area contributed by atoms with Crippen LogP contribution in [0.25, 0.3) is 0 Å². The molecule has 28 heavy (non-hydrogen) atoms. The average Bonchev–Trinajstić information content (AvgIpc) is 2.67. The zero-order valence-corrected chi connectivity index (χ0v) is 16.7. The number of nitrogens with one attached hydrogen (secondary N) is 3. The molecule has 152 valence electrons. The number of hydrogen-bond acceptors (Lipinski definition) is 5. The third-order valence-corrected chi connectivity index (χ3v) is 5.05. The van der Waals surface area contributed by atoms with E-state index < -0.39 is 12.1 Å². The van der Waals surface area contributed by atoms with Crippen LogP contribution in [0.4, 0.5) is 0 Å². The van der Waals surface area contributed by atoms with Gasteiger partial charge in [0.25, 0.3) is 0 Å². The summed E-state index contributed by atoms with van der Waals surface area (Å²) in [6, 6.07) is 0.891. The molecule has 1 aliphatic heterocycles. The van der Waals surface area contributed by atoms with Crippen molar-refractivity contribution in [3.8, 4) is 6.07 Å². The van der Waals surface area contributed by atoms with Crippen LogP contribution in [0.5, 0.6) is 0 Å². The fraction of sp³-hybridized carbons (Fsp3) is 0.619. The van der Waals surface area contributed by atoms with Gasteiger partial charge in [0.2, 0.25) is 11.8 Å². The maximum atomic E-state index is 12.8. The second kappa shape index (κ2) is 10.8. The monoisotopic (exact) mass is 386 g/mol. The summed E-state index contributed by atoms with van der Waals surface area (Å²) in [5.41, 5.74) is 0.653. The molecular formula is C21H30N4O3. The molecule has 3 atom stereocenters. The van der Waals surface area contributed by atoms with E-state index in [0.717, 1.165) is 12.8 Å². The zero-order chi connectivity index (χ0) is 20.5. The summed E-state index contributed by atoms with van der Waals surface area (Å²) in [5.74, 6) is -0.239. The van der Waals surface area contributed by atoms with Gasteiger partial charge in [-0.1, -0.05) is 32.1 Å². The number of piperidine rings is 1. The third-order valence-electron chi connectivity index (χ3n) is 5.05. The van der Waals surface area contributed by atoms with Crippen molar-refractivity contribution in [1.29, 1.82) is 5.26 Å². The number of carbonyl (C=O) groups excluding carboxylic acids is 3. The molecule has 0 saturated carbocycles. The fourth-order valence-corrected chi connectivity index (χ4v) is 3.49. The summed E-state index contributed by atoms with van der Waals surface area (Å²) in [7, 11) is 0. The van der Waals surface area contributed by atoms with E-state index in [2.05, 4.69) is 22.0 Å².